The Morgan fingerprint density at radius 1 is 1.08 bits per heavy atom. The molecule has 0 aromatic carbocycles. The minimum Gasteiger partial charge on any atom is -0.378 e. The third-order valence-electron chi connectivity index (χ3n) is 3.18. The molecule has 3 heterocycles. The molecule has 3 aromatic heterocycles. The summed E-state index contributed by atoms with van der Waals surface area (Å²) in [6, 6.07) is 12.5. The average Bonchev–Trinajstić information content (AvgIpc) is 3.02. The van der Waals surface area contributed by atoms with Crippen LogP contribution in [0.1, 0.15) is 10.6 Å². The summed E-state index contributed by atoms with van der Waals surface area (Å²) < 4.78 is 27.2. The first kappa shape index (κ1) is 16.4. The standard InChI is InChI=1S/C16H16N4O2S2/c1-12-5-8-16(23-12)24(21,22)20-15-7-6-14(11-19-15)18-10-13-4-2-3-9-17-13/h2-9,11,18H,10H2,1H3,(H,19,20). The quantitative estimate of drug-likeness (QED) is 0.705. The van der Waals surface area contributed by atoms with Gasteiger partial charge in [0.15, 0.2) is 0 Å². The minimum absolute atomic E-state index is 0.277. The molecular formula is C16H16N4O2S2. The molecule has 0 aliphatic heterocycles. The van der Waals surface area contributed by atoms with E-state index in [1.54, 1.807) is 36.7 Å². The molecule has 0 aliphatic carbocycles. The summed E-state index contributed by atoms with van der Waals surface area (Å²) in [6.07, 6.45) is 3.32. The molecule has 0 radical (unpaired) electrons. The Hall–Kier alpha value is -2.45. The fourth-order valence-corrected chi connectivity index (χ4v) is 4.29. The van der Waals surface area contributed by atoms with Crippen LogP contribution in [0.3, 0.4) is 0 Å². The molecule has 0 aliphatic rings. The van der Waals surface area contributed by atoms with Crippen molar-refractivity contribution in [2.24, 2.45) is 0 Å². The van der Waals surface area contributed by atoms with Crippen molar-refractivity contribution in [1.82, 2.24) is 9.97 Å². The summed E-state index contributed by atoms with van der Waals surface area (Å²) in [7, 11) is -3.59. The highest BCUT2D eigenvalue weighted by Gasteiger charge is 2.16. The number of anilines is 2. The molecule has 3 aromatic rings. The van der Waals surface area contributed by atoms with Gasteiger partial charge in [0, 0.05) is 11.1 Å². The van der Waals surface area contributed by atoms with Crippen LogP contribution >= 0.6 is 11.3 Å². The number of thiophene rings is 1. The Morgan fingerprint density at radius 2 is 1.96 bits per heavy atom. The largest absolute Gasteiger partial charge is 0.378 e. The molecule has 0 spiro atoms. The van der Waals surface area contributed by atoms with Gasteiger partial charge in [-0.2, -0.15) is 0 Å². The molecule has 0 saturated heterocycles. The molecule has 0 unspecified atom stereocenters. The maximum atomic E-state index is 12.2. The molecule has 3 rings (SSSR count). The van der Waals surface area contributed by atoms with Crippen molar-refractivity contribution in [3.63, 3.8) is 0 Å². The van der Waals surface area contributed by atoms with E-state index in [0.717, 1.165) is 16.3 Å². The highest BCUT2D eigenvalue weighted by Crippen LogP contribution is 2.23. The maximum absolute atomic E-state index is 12.2. The van der Waals surface area contributed by atoms with Crippen molar-refractivity contribution in [1.29, 1.82) is 0 Å². The summed E-state index contributed by atoms with van der Waals surface area (Å²) in [6.45, 7) is 2.44. The van der Waals surface area contributed by atoms with Crippen LogP contribution in [0.25, 0.3) is 0 Å². The average molecular weight is 360 g/mol. The van der Waals surface area contributed by atoms with Crippen LogP contribution in [0.2, 0.25) is 0 Å². The summed E-state index contributed by atoms with van der Waals surface area (Å²) in [5, 5.41) is 3.19. The molecule has 0 amide bonds. The van der Waals surface area contributed by atoms with Crippen LogP contribution in [-0.2, 0) is 16.6 Å². The molecule has 0 atom stereocenters. The zero-order valence-electron chi connectivity index (χ0n) is 12.9. The van der Waals surface area contributed by atoms with E-state index < -0.39 is 10.0 Å². The van der Waals surface area contributed by atoms with E-state index in [4.69, 9.17) is 0 Å². The predicted molar refractivity (Wildman–Crippen MR) is 95.7 cm³/mol. The second-order valence-corrected chi connectivity index (χ2v) is 8.27. The van der Waals surface area contributed by atoms with Gasteiger partial charge in [-0.1, -0.05) is 6.07 Å². The first-order valence-electron chi connectivity index (χ1n) is 7.22. The SMILES string of the molecule is Cc1ccc(S(=O)(=O)Nc2ccc(NCc3ccccn3)cn2)s1. The molecule has 0 fully saturated rings. The van der Waals surface area contributed by atoms with Gasteiger partial charge in [-0.05, 0) is 43.3 Å². The molecule has 124 valence electrons. The molecule has 8 heteroatoms. The van der Waals surface area contributed by atoms with Crippen molar-refractivity contribution in [2.75, 3.05) is 10.0 Å². The lowest BCUT2D eigenvalue weighted by molar-refractivity contribution is 0.603. The van der Waals surface area contributed by atoms with Crippen molar-refractivity contribution >= 4 is 32.9 Å². The zero-order valence-corrected chi connectivity index (χ0v) is 14.6. The Labute approximate surface area is 144 Å². The number of pyridine rings is 2. The number of aromatic nitrogens is 2. The van der Waals surface area contributed by atoms with E-state index in [2.05, 4.69) is 20.0 Å². The van der Waals surface area contributed by atoms with E-state index in [0.29, 0.717) is 6.54 Å². The van der Waals surface area contributed by atoms with Crippen LogP contribution in [0.5, 0.6) is 0 Å². The van der Waals surface area contributed by atoms with Crippen LogP contribution < -0.4 is 10.0 Å². The Bertz CT molecular complexity index is 907. The van der Waals surface area contributed by atoms with Crippen LogP contribution in [0.4, 0.5) is 11.5 Å². The van der Waals surface area contributed by atoms with Gasteiger partial charge < -0.3 is 5.32 Å². The molecular weight excluding hydrogens is 344 g/mol. The third-order valence-corrected chi connectivity index (χ3v) is 6.03. The molecule has 0 saturated carbocycles. The number of hydrogen-bond donors (Lipinski definition) is 2. The first-order valence-corrected chi connectivity index (χ1v) is 9.52. The highest BCUT2D eigenvalue weighted by molar-refractivity contribution is 7.94. The number of hydrogen-bond acceptors (Lipinski definition) is 6. The number of aryl methyl sites for hydroxylation is 1. The molecule has 2 N–H and O–H groups in total. The van der Waals surface area contributed by atoms with E-state index in [1.165, 1.54) is 11.3 Å². The summed E-state index contributed by atoms with van der Waals surface area (Å²) in [5.41, 5.74) is 1.70. The van der Waals surface area contributed by atoms with Gasteiger partial charge in [-0.3, -0.25) is 9.71 Å². The molecule has 0 bridgehead atoms. The van der Waals surface area contributed by atoms with Gasteiger partial charge in [0.1, 0.15) is 10.0 Å². The Morgan fingerprint density at radius 3 is 2.58 bits per heavy atom. The summed E-state index contributed by atoms with van der Waals surface area (Å²) in [5.74, 6) is 0.282. The zero-order chi connectivity index (χ0) is 17.0. The van der Waals surface area contributed by atoms with Gasteiger partial charge >= 0.3 is 0 Å². The lowest BCUT2D eigenvalue weighted by atomic mass is 10.3. The lowest BCUT2D eigenvalue weighted by Crippen LogP contribution is -2.12. The number of sulfonamides is 1. The van der Waals surface area contributed by atoms with Gasteiger partial charge in [-0.15, -0.1) is 11.3 Å². The highest BCUT2D eigenvalue weighted by atomic mass is 32.2. The second kappa shape index (κ2) is 6.98. The second-order valence-electron chi connectivity index (χ2n) is 5.08. The van der Waals surface area contributed by atoms with Crippen LogP contribution in [0.15, 0.2) is 59.1 Å². The maximum Gasteiger partial charge on any atom is 0.272 e. The Kier molecular flexibility index (Phi) is 4.77. The Balaban J connectivity index is 1.64. The molecule has 24 heavy (non-hydrogen) atoms. The fourth-order valence-electron chi connectivity index (χ4n) is 2.00. The van der Waals surface area contributed by atoms with E-state index in [-0.39, 0.29) is 10.0 Å². The predicted octanol–water partition coefficient (Wildman–Crippen LogP) is 3.26. The first-order chi connectivity index (χ1) is 11.5. The van der Waals surface area contributed by atoms with Gasteiger partial charge in [0.2, 0.25) is 0 Å². The van der Waals surface area contributed by atoms with Crippen LogP contribution in [0, 0.1) is 6.92 Å². The van der Waals surface area contributed by atoms with Crippen molar-refractivity contribution in [3.05, 3.63) is 65.4 Å². The normalized spacial score (nSPS) is 11.2. The third kappa shape index (κ3) is 4.09. The summed E-state index contributed by atoms with van der Waals surface area (Å²) >= 11 is 1.23. The number of nitrogens with zero attached hydrogens (tertiary/aromatic N) is 2. The fraction of sp³-hybridized carbons (Fsp3) is 0.125. The monoisotopic (exact) mass is 360 g/mol. The van der Waals surface area contributed by atoms with Gasteiger partial charge in [0.25, 0.3) is 10.0 Å². The van der Waals surface area contributed by atoms with Gasteiger partial charge in [-0.25, -0.2) is 13.4 Å². The summed E-state index contributed by atoms with van der Waals surface area (Å²) in [4.78, 5) is 9.30. The smallest absolute Gasteiger partial charge is 0.272 e. The van der Waals surface area contributed by atoms with Crippen molar-refractivity contribution in [3.8, 4) is 0 Å². The number of rotatable bonds is 6. The van der Waals surface area contributed by atoms with Crippen LogP contribution in [-0.4, -0.2) is 18.4 Å². The topological polar surface area (TPSA) is 84.0 Å². The minimum atomic E-state index is -3.59. The van der Waals surface area contributed by atoms with Crippen molar-refractivity contribution < 1.29 is 8.42 Å². The van der Waals surface area contributed by atoms with Gasteiger partial charge in [0.05, 0.1) is 24.1 Å². The van der Waals surface area contributed by atoms with E-state index >= 15 is 0 Å². The van der Waals surface area contributed by atoms with E-state index in [1.807, 2.05) is 25.1 Å². The van der Waals surface area contributed by atoms with E-state index in [9.17, 15) is 8.42 Å². The lowest BCUT2D eigenvalue weighted by Gasteiger charge is -2.08. The van der Waals surface area contributed by atoms with Crippen molar-refractivity contribution in [2.45, 2.75) is 17.7 Å². The molecule has 6 nitrogen and oxygen atoms in total. The number of nitrogens with one attached hydrogen (secondary N) is 2.